The number of hydrogen-bond donors (Lipinski definition) is 2. The van der Waals surface area contributed by atoms with Gasteiger partial charge in [0, 0.05) is 10.5 Å². The average Bonchev–Trinajstić information content (AvgIpc) is 2.38. The van der Waals surface area contributed by atoms with Crippen LogP contribution in [0.4, 0.5) is 5.82 Å². The first-order valence-corrected chi connectivity index (χ1v) is 7.18. The van der Waals surface area contributed by atoms with Crippen molar-refractivity contribution in [2.24, 2.45) is 5.73 Å². The Balaban J connectivity index is 2.40. The minimum Gasteiger partial charge on any atom is -0.383 e. The number of thioether (sulfide) groups is 1. The van der Waals surface area contributed by atoms with Gasteiger partial charge >= 0.3 is 0 Å². The van der Waals surface area contributed by atoms with Crippen molar-refractivity contribution in [1.82, 2.24) is 9.97 Å². The lowest BCUT2D eigenvalue weighted by Crippen LogP contribution is -2.17. The summed E-state index contributed by atoms with van der Waals surface area (Å²) in [6.07, 6.45) is 0. The van der Waals surface area contributed by atoms with Crippen molar-refractivity contribution >= 4 is 23.5 Å². The predicted octanol–water partition coefficient (Wildman–Crippen LogP) is 2.25. The molecule has 1 aromatic carbocycles. The molecule has 1 aromatic heterocycles. The van der Waals surface area contributed by atoms with Crippen LogP contribution in [0.25, 0.3) is 11.4 Å². The van der Waals surface area contributed by atoms with Crippen molar-refractivity contribution < 1.29 is 4.79 Å². The molecule has 0 bridgehead atoms. The second kappa shape index (κ2) is 5.92. The molecule has 0 saturated carbocycles. The Morgan fingerprint density at radius 2 is 1.90 bits per heavy atom. The molecule has 5 nitrogen and oxygen atoms in total. The van der Waals surface area contributed by atoms with E-state index in [2.05, 4.69) is 16.9 Å². The zero-order valence-corrected chi connectivity index (χ0v) is 12.2. The largest absolute Gasteiger partial charge is 0.383 e. The monoisotopic (exact) mass is 288 g/mol. The van der Waals surface area contributed by atoms with E-state index >= 15 is 0 Å². The quantitative estimate of drug-likeness (QED) is 0.841. The Morgan fingerprint density at radius 1 is 1.25 bits per heavy atom. The molecule has 0 saturated heterocycles. The molecule has 1 heterocycles. The summed E-state index contributed by atoms with van der Waals surface area (Å²) in [4.78, 5) is 20.9. The van der Waals surface area contributed by atoms with Gasteiger partial charge in [-0.05, 0) is 24.8 Å². The van der Waals surface area contributed by atoms with Crippen LogP contribution >= 0.6 is 11.8 Å². The van der Waals surface area contributed by atoms with Crippen LogP contribution in [-0.2, 0) is 0 Å². The van der Waals surface area contributed by atoms with Gasteiger partial charge in [-0.15, -0.1) is 11.8 Å². The number of nitrogens with two attached hydrogens (primary N) is 2. The van der Waals surface area contributed by atoms with E-state index in [1.165, 1.54) is 4.90 Å². The fraction of sp³-hybridized carbons (Fsp3) is 0.214. The van der Waals surface area contributed by atoms with E-state index in [0.717, 1.165) is 11.3 Å². The van der Waals surface area contributed by atoms with Gasteiger partial charge in [-0.1, -0.05) is 19.1 Å². The molecule has 0 fully saturated rings. The summed E-state index contributed by atoms with van der Waals surface area (Å²) in [5.74, 6) is 1.03. The van der Waals surface area contributed by atoms with Crippen LogP contribution in [0.15, 0.2) is 29.2 Å². The normalized spacial score (nSPS) is 10.5. The number of primary amides is 1. The smallest absolute Gasteiger partial charge is 0.254 e. The van der Waals surface area contributed by atoms with E-state index in [4.69, 9.17) is 11.5 Å². The first kappa shape index (κ1) is 14.3. The zero-order chi connectivity index (χ0) is 14.7. The molecule has 0 unspecified atom stereocenters. The van der Waals surface area contributed by atoms with E-state index in [1.54, 1.807) is 18.7 Å². The lowest BCUT2D eigenvalue weighted by Gasteiger charge is -2.08. The van der Waals surface area contributed by atoms with Crippen LogP contribution in [0, 0.1) is 6.92 Å². The Morgan fingerprint density at radius 3 is 2.40 bits per heavy atom. The topological polar surface area (TPSA) is 94.9 Å². The lowest BCUT2D eigenvalue weighted by atomic mass is 10.1. The molecule has 104 valence electrons. The summed E-state index contributed by atoms with van der Waals surface area (Å²) >= 11 is 1.77. The Labute approximate surface area is 121 Å². The number of aryl methyl sites for hydroxylation is 1. The minimum atomic E-state index is -0.610. The third-order valence-electron chi connectivity index (χ3n) is 2.79. The molecule has 1 amide bonds. The van der Waals surface area contributed by atoms with E-state index in [1.807, 2.05) is 24.3 Å². The van der Waals surface area contributed by atoms with Gasteiger partial charge in [0.1, 0.15) is 11.4 Å². The summed E-state index contributed by atoms with van der Waals surface area (Å²) in [6, 6.07) is 7.91. The molecule has 20 heavy (non-hydrogen) atoms. The summed E-state index contributed by atoms with van der Waals surface area (Å²) in [7, 11) is 0. The Bertz CT molecular complexity index is 617. The van der Waals surface area contributed by atoms with Gasteiger partial charge in [0.05, 0.1) is 5.69 Å². The molecule has 6 heteroatoms. The lowest BCUT2D eigenvalue weighted by molar-refractivity contribution is 0.1000. The highest BCUT2D eigenvalue weighted by Gasteiger charge is 2.14. The van der Waals surface area contributed by atoms with Gasteiger partial charge in [0.25, 0.3) is 5.91 Å². The first-order chi connectivity index (χ1) is 9.52. The number of carbonyl (C=O) groups excluding carboxylic acids is 1. The van der Waals surface area contributed by atoms with Gasteiger partial charge in [0.2, 0.25) is 0 Å². The number of amides is 1. The first-order valence-electron chi connectivity index (χ1n) is 6.20. The highest BCUT2D eigenvalue weighted by molar-refractivity contribution is 7.99. The van der Waals surface area contributed by atoms with Crippen LogP contribution in [0.5, 0.6) is 0 Å². The third kappa shape index (κ3) is 2.91. The fourth-order valence-corrected chi connectivity index (χ4v) is 2.56. The SMILES string of the molecule is CCSc1ccc(-c2nc(C)c(C(N)=O)c(N)n2)cc1. The molecule has 2 rings (SSSR count). The number of carbonyl (C=O) groups is 1. The minimum absolute atomic E-state index is 0.118. The Kier molecular flexibility index (Phi) is 4.24. The molecule has 4 N–H and O–H groups in total. The number of rotatable bonds is 4. The van der Waals surface area contributed by atoms with Crippen LogP contribution in [-0.4, -0.2) is 21.6 Å². The highest BCUT2D eigenvalue weighted by Crippen LogP contribution is 2.24. The number of benzene rings is 1. The summed E-state index contributed by atoms with van der Waals surface area (Å²) < 4.78 is 0. The van der Waals surface area contributed by atoms with Gasteiger partial charge in [-0.2, -0.15) is 0 Å². The molecular weight excluding hydrogens is 272 g/mol. The number of nitrogens with zero attached hydrogens (tertiary/aromatic N) is 2. The van der Waals surface area contributed by atoms with Crippen LogP contribution in [0.1, 0.15) is 23.0 Å². The molecular formula is C14H16N4OS. The number of nitrogen functional groups attached to an aromatic ring is 1. The maximum absolute atomic E-state index is 11.3. The van der Waals surface area contributed by atoms with Gasteiger partial charge < -0.3 is 11.5 Å². The van der Waals surface area contributed by atoms with Crippen molar-refractivity contribution in [1.29, 1.82) is 0 Å². The summed E-state index contributed by atoms with van der Waals surface area (Å²) in [5, 5.41) is 0. The molecule has 0 atom stereocenters. The van der Waals surface area contributed by atoms with Crippen LogP contribution in [0.3, 0.4) is 0 Å². The number of aromatic nitrogens is 2. The maximum Gasteiger partial charge on any atom is 0.254 e. The van der Waals surface area contributed by atoms with E-state index in [-0.39, 0.29) is 11.4 Å². The Hall–Kier alpha value is -2.08. The highest BCUT2D eigenvalue weighted by atomic mass is 32.2. The van der Waals surface area contributed by atoms with E-state index in [0.29, 0.717) is 11.5 Å². The molecule has 2 aromatic rings. The average molecular weight is 288 g/mol. The van der Waals surface area contributed by atoms with E-state index < -0.39 is 5.91 Å². The van der Waals surface area contributed by atoms with Crippen molar-refractivity contribution in [2.75, 3.05) is 11.5 Å². The molecule has 0 aliphatic heterocycles. The predicted molar refractivity (Wildman–Crippen MR) is 81.5 cm³/mol. The molecule has 0 aliphatic carbocycles. The number of hydrogen-bond acceptors (Lipinski definition) is 5. The second-order valence-corrected chi connectivity index (χ2v) is 5.55. The molecule has 0 spiro atoms. The number of anilines is 1. The van der Waals surface area contributed by atoms with E-state index in [9.17, 15) is 4.79 Å². The van der Waals surface area contributed by atoms with Crippen LogP contribution < -0.4 is 11.5 Å². The van der Waals surface area contributed by atoms with Crippen molar-refractivity contribution in [3.05, 3.63) is 35.5 Å². The van der Waals surface area contributed by atoms with Gasteiger partial charge in [0.15, 0.2) is 5.82 Å². The third-order valence-corrected chi connectivity index (χ3v) is 3.68. The van der Waals surface area contributed by atoms with Crippen molar-refractivity contribution in [3.8, 4) is 11.4 Å². The fourth-order valence-electron chi connectivity index (χ4n) is 1.90. The maximum atomic E-state index is 11.3. The van der Waals surface area contributed by atoms with Gasteiger partial charge in [-0.25, -0.2) is 9.97 Å². The van der Waals surface area contributed by atoms with Gasteiger partial charge in [-0.3, -0.25) is 4.79 Å². The molecule has 0 aliphatic rings. The zero-order valence-electron chi connectivity index (χ0n) is 11.4. The second-order valence-electron chi connectivity index (χ2n) is 4.21. The summed E-state index contributed by atoms with van der Waals surface area (Å²) in [5.41, 5.74) is 12.6. The van der Waals surface area contributed by atoms with Crippen LogP contribution in [0.2, 0.25) is 0 Å². The molecule has 0 radical (unpaired) electrons. The summed E-state index contributed by atoms with van der Waals surface area (Å²) in [6.45, 7) is 3.80. The standard InChI is InChI=1S/C14H16N4OS/c1-3-20-10-6-4-9(5-7-10)14-17-8(2)11(13(16)19)12(15)18-14/h4-7H,3H2,1-2H3,(H2,16,19)(H2,15,17,18). The van der Waals surface area contributed by atoms with Crippen molar-refractivity contribution in [3.63, 3.8) is 0 Å². The van der Waals surface area contributed by atoms with Crippen molar-refractivity contribution in [2.45, 2.75) is 18.7 Å².